The lowest BCUT2D eigenvalue weighted by Gasteiger charge is -2.07. The maximum absolute atomic E-state index is 12.0. The molecule has 2 aromatic rings. The van der Waals surface area contributed by atoms with Crippen molar-refractivity contribution in [3.63, 3.8) is 0 Å². The monoisotopic (exact) mass is 309 g/mol. The van der Waals surface area contributed by atoms with Crippen molar-refractivity contribution in [1.29, 1.82) is 0 Å². The highest BCUT2D eigenvalue weighted by Crippen LogP contribution is 2.11. The molecular formula is C14H15NO5S. The van der Waals surface area contributed by atoms with E-state index in [1.165, 1.54) is 18.4 Å². The van der Waals surface area contributed by atoms with Gasteiger partial charge in [-0.1, -0.05) is 17.7 Å². The van der Waals surface area contributed by atoms with E-state index in [2.05, 4.69) is 5.32 Å². The molecular weight excluding hydrogens is 294 g/mol. The third kappa shape index (κ3) is 4.35. The predicted molar refractivity (Wildman–Crippen MR) is 75.3 cm³/mol. The summed E-state index contributed by atoms with van der Waals surface area (Å²) in [7, 11) is -3.58. The number of benzene rings is 1. The number of nitrogens with one attached hydrogen (secondary N) is 1. The molecule has 1 aromatic heterocycles. The number of ether oxygens (including phenoxy) is 1. The molecule has 0 radical (unpaired) electrons. The molecule has 1 N–H and O–H groups in total. The van der Waals surface area contributed by atoms with Crippen LogP contribution in [0, 0.1) is 6.92 Å². The second kappa shape index (κ2) is 6.45. The zero-order chi connectivity index (χ0) is 15.3. The molecule has 1 amide bonds. The van der Waals surface area contributed by atoms with Gasteiger partial charge < -0.3 is 14.5 Å². The first-order valence-corrected chi connectivity index (χ1v) is 7.85. The molecule has 0 atom stereocenters. The number of carbonyl (C=O) groups is 1. The van der Waals surface area contributed by atoms with Crippen LogP contribution in [-0.2, 0) is 21.2 Å². The molecule has 6 nitrogen and oxygen atoms in total. The van der Waals surface area contributed by atoms with Gasteiger partial charge in [0.2, 0.25) is 0 Å². The number of sulfone groups is 1. The lowest BCUT2D eigenvalue weighted by atomic mass is 10.2. The van der Waals surface area contributed by atoms with E-state index in [9.17, 15) is 13.2 Å². The molecule has 0 aliphatic carbocycles. The summed E-state index contributed by atoms with van der Waals surface area (Å²) in [6.45, 7) is 1.81. The molecule has 0 fully saturated rings. The Balaban J connectivity index is 1.86. The summed E-state index contributed by atoms with van der Waals surface area (Å²) >= 11 is 0. The van der Waals surface area contributed by atoms with Crippen molar-refractivity contribution < 1.29 is 22.4 Å². The minimum Gasteiger partial charge on any atom is -0.466 e. The third-order valence-corrected chi connectivity index (χ3v) is 4.23. The van der Waals surface area contributed by atoms with Crippen molar-refractivity contribution in [3.05, 3.63) is 54.0 Å². The Bertz CT molecular complexity index is 689. The highest BCUT2D eigenvalue weighted by Gasteiger charge is 2.16. The molecule has 0 aliphatic heterocycles. The van der Waals surface area contributed by atoms with Crippen LogP contribution in [0.2, 0.25) is 0 Å². The second-order valence-corrected chi connectivity index (χ2v) is 6.39. The number of amides is 1. The zero-order valence-corrected chi connectivity index (χ0v) is 12.2. The van der Waals surface area contributed by atoms with Crippen LogP contribution in [0.25, 0.3) is 0 Å². The van der Waals surface area contributed by atoms with Gasteiger partial charge in [-0.3, -0.25) is 0 Å². The third-order valence-electron chi connectivity index (χ3n) is 2.71. The first kappa shape index (κ1) is 15.1. The van der Waals surface area contributed by atoms with Crippen molar-refractivity contribution in [1.82, 2.24) is 5.32 Å². The predicted octanol–water partition coefficient (Wildman–Crippen LogP) is 2.25. The molecule has 21 heavy (non-hydrogen) atoms. The number of hydrogen-bond donors (Lipinski definition) is 1. The van der Waals surface area contributed by atoms with E-state index < -0.39 is 21.8 Å². The van der Waals surface area contributed by atoms with Gasteiger partial charge in [-0.05, 0) is 31.2 Å². The minimum absolute atomic E-state index is 0.0522. The molecule has 1 heterocycles. The molecule has 0 aliphatic rings. The average Bonchev–Trinajstić information content (AvgIpc) is 2.97. The van der Waals surface area contributed by atoms with Crippen LogP contribution in [0.3, 0.4) is 0 Å². The van der Waals surface area contributed by atoms with Crippen LogP contribution in [-0.4, -0.2) is 20.4 Å². The highest BCUT2D eigenvalue weighted by molar-refractivity contribution is 7.91. The SMILES string of the molecule is Cc1ccc(S(=O)(=O)CNC(=O)OCc2ccco2)cc1. The highest BCUT2D eigenvalue weighted by atomic mass is 32.2. The Labute approximate surface area is 122 Å². The fraction of sp³-hybridized carbons (Fsp3) is 0.214. The molecule has 0 spiro atoms. The largest absolute Gasteiger partial charge is 0.466 e. The van der Waals surface area contributed by atoms with Gasteiger partial charge in [0.1, 0.15) is 11.6 Å². The maximum Gasteiger partial charge on any atom is 0.408 e. The number of alkyl carbamates (subject to hydrolysis) is 1. The molecule has 2 rings (SSSR count). The Hall–Kier alpha value is -2.28. The van der Waals surface area contributed by atoms with Gasteiger partial charge in [0.25, 0.3) is 0 Å². The number of carbonyl (C=O) groups excluding carboxylic acids is 1. The van der Waals surface area contributed by atoms with Crippen LogP contribution < -0.4 is 5.32 Å². The fourth-order valence-electron chi connectivity index (χ4n) is 1.57. The van der Waals surface area contributed by atoms with Crippen molar-refractivity contribution >= 4 is 15.9 Å². The molecule has 0 saturated carbocycles. The van der Waals surface area contributed by atoms with Gasteiger partial charge in [0, 0.05) is 0 Å². The Morgan fingerprint density at radius 2 is 1.95 bits per heavy atom. The molecule has 0 bridgehead atoms. The lowest BCUT2D eigenvalue weighted by Crippen LogP contribution is -2.30. The zero-order valence-electron chi connectivity index (χ0n) is 11.4. The van der Waals surface area contributed by atoms with Crippen molar-refractivity contribution in [2.75, 3.05) is 5.88 Å². The van der Waals surface area contributed by atoms with Gasteiger partial charge in [0.15, 0.2) is 16.4 Å². The van der Waals surface area contributed by atoms with Gasteiger partial charge in [0.05, 0.1) is 11.2 Å². The van der Waals surface area contributed by atoms with E-state index in [4.69, 9.17) is 9.15 Å². The number of rotatable bonds is 5. The average molecular weight is 309 g/mol. The van der Waals surface area contributed by atoms with Gasteiger partial charge in [-0.2, -0.15) is 0 Å². The van der Waals surface area contributed by atoms with Gasteiger partial charge >= 0.3 is 6.09 Å². The quantitative estimate of drug-likeness (QED) is 0.915. The summed E-state index contributed by atoms with van der Waals surface area (Å²) in [5, 5.41) is 2.21. The standard InChI is InChI=1S/C14H15NO5S/c1-11-4-6-13(7-5-11)21(17,18)10-15-14(16)20-9-12-3-2-8-19-12/h2-8H,9-10H2,1H3,(H,15,16). The number of aryl methyl sites for hydroxylation is 1. The van der Waals surface area contributed by atoms with E-state index in [0.29, 0.717) is 5.76 Å². The van der Waals surface area contributed by atoms with E-state index in [0.717, 1.165) is 5.56 Å². The van der Waals surface area contributed by atoms with Crippen LogP contribution in [0.4, 0.5) is 4.79 Å². The summed E-state index contributed by atoms with van der Waals surface area (Å²) in [5.74, 6) is -0.0425. The van der Waals surface area contributed by atoms with Crippen LogP contribution in [0.15, 0.2) is 52.0 Å². The Morgan fingerprint density at radius 1 is 1.24 bits per heavy atom. The molecule has 7 heteroatoms. The minimum atomic E-state index is -3.58. The number of hydrogen-bond acceptors (Lipinski definition) is 5. The topological polar surface area (TPSA) is 85.6 Å². The van der Waals surface area contributed by atoms with E-state index in [-0.39, 0.29) is 11.5 Å². The van der Waals surface area contributed by atoms with Crippen LogP contribution in [0.1, 0.15) is 11.3 Å². The number of furan rings is 1. The summed E-state index contributed by atoms with van der Waals surface area (Å²) in [4.78, 5) is 11.6. The van der Waals surface area contributed by atoms with Crippen molar-refractivity contribution in [2.45, 2.75) is 18.4 Å². The Kier molecular flexibility index (Phi) is 4.64. The molecule has 1 aromatic carbocycles. The van der Waals surface area contributed by atoms with Crippen molar-refractivity contribution in [3.8, 4) is 0 Å². The maximum atomic E-state index is 12.0. The lowest BCUT2D eigenvalue weighted by molar-refractivity contribution is 0.132. The van der Waals surface area contributed by atoms with E-state index in [1.807, 2.05) is 6.92 Å². The summed E-state index contributed by atoms with van der Waals surface area (Å²) < 4.78 is 33.8. The first-order valence-electron chi connectivity index (χ1n) is 6.20. The van der Waals surface area contributed by atoms with Crippen LogP contribution in [0.5, 0.6) is 0 Å². The normalized spacial score (nSPS) is 11.1. The summed E-state index contributed by atoms with van der Waals surface area (Å²) in [6.07, 6.45) is 0.639. The first-order chi connectivity index (χ1) is 9.97. The van der Waals surface area contributed by atoms with E-state index >= 15 is 0 Å². The summed E-state index contributed by atoms with van der Waals surface area (Å²) in [5.41, 5.74) is 0.958. The Morgan fingerprint density at radius 3 is 2.57 bits per heavy atom. The van der Waals surface area contributed by atoms with Crippen molar-refractivity contribution in [2.24, 2.45) is 0 Å². The van der Waals surface area contributed by atoms with Gasteiger partial charge in [-0.25, -0.2) is 13.2 Å². The second-order valence-electron chi connectivity index (χ2n) is 4.40. The van der Waals surface area contributed by atoms with E-state index in [1.54, 1.807) is 24.3 Å². The fourth-order valence-corrected chi connectivity index (χ4v) is 2.59. The smallest absolute Gasteiger partial charge is 0.408 e. The molecule has 0 unspecified atom stereocenters. The van der Waals surface area contributed by atoms with Gasteiger partial charge in [-0.15, -0.1) is 0 Å². The molecule has 0 saturated heterocycles. The van der Waals surface area contributed by atoms with Crippen LogP contribution >= 0.6 is 0 Å². The molecule has 112 valence electrons. The summed E-state index contributed by atoms with van der Waals surface area (Å²) in [6, 6.07) is 9.71.